The highest BCUT2D eigenvalue weighted by molar-refractivity contribution is 5.98. The van der Waals surface area contributed by atoms with Gasteiger partial charge in [0.05, 0.1) is 17.6 Å². The second-order valence-electron chi connectivity index (χ2n) is 8.41. The van der Waals surface area contributed by atoms with E-state index in [2.05, 4.69) is 40.1 Å². The zero-order valence-corrected chi connectivity index (χ0v) is 19.0. The first-order chi connectivity index (χ1) is 17.1. The van der Waals surface area contributed by atoms with Crippen LogP contribution in [-0.2, 0) is 0 Å². The minimum absolute atomic E-state index is 0.0417. The summed E-state index contributed by atoms with van der Waals surface area (Å²) in [6.45, 7) is 2.48. The smallest absolute Gasteiger partial charge is 0.164 e. The molecule has 5 aromatic rings. The summed E-state index contributed by atoms with van der Waals surface area (Å²) in [6, 6.07) is 19.7. The van der Waals surface area contributed by atoms with Crippen LogP contribution in [0.25, 0.3) is 27.9 Å². The fourth-order valence-corrected chi connectivity index (χ4v) is 4.65. The molecule has 1 aliphatic heterocycles. The predicted octanol–water partition coefficient (Wildman–Crippen LogP) is 4.63. The molecule has 8 heteroatoms. The summed E-state index contributed by atoms with van der Waals surface area (Å²) in [5, 5.41) is 15.5. The molecule has 0 saturated carbocycles. The molecule has 35 heavy (non-hydrogen) atoms. The summed E-state index contributed by atoms with van der Waals surface area (Å²) in [6.07, 6.45) is 4.45. The highest BCUT2D eigenvalue weighted by atomic mass is 16.5. The summed E-state index contributed by atoms with van der Waals surface area (Å²) in [5.74, 6) is 1.21. The Hall–Kier alpha value is -4.72. The lowest BCUT2D eigenvalue weighted by atomic mass is 9.88. The molecule has 0 aliphatic carbocycles. The lowest BCUT2D eigenvalue weighted by Gasteiger charge is -2.28. The fourth-order valence-electron chi connectivity index (χ4n) is 4.65. The summed E-state index contributed by atoms with van der Waals surface area (Å²) in [4.78, 5) is 12.8. The number of anilines is 1. The van der Waals surface area contributed by atoms with Gasteiger partial charge in [-0.2, -0.15) is 5.10 Å². The number of nitrogens with zero attached hydrogens (tertiary/aromatic N) is 5. The molecule has 3 N–H and O–H groups in total. The van der Waals surface area contributed by atoms with E-state index in [0.717, 1.165) is 28.0 Å². The van der Waals surface area contributed by atoms with Crippen molar-refractivity contribution >= 4 is 22.4 Å². The topological polar surface area (TPSA) is 112 Å². The van der Waals surface area contributed by atoms with Crippen molar-refractivity contribution in [3.05, 3.63) is 96.1 Å². The maximum Gasteiger partial charge on any atom is 0.164 e. The number of hydrogen-bond acceptors (Lipinski definition) is 7. The molecule has 4 heterocycles. The van der Waals surface area contributed by atoms with E-state index < -0.39 is 0 Å². The lowest BCUT2D eigenvalue weighted by molar-refractivity contribution is 0.327. The van der Waals surface area contributed by atoms with Gasteiger partial charge in [-0.3, -0.25) is 4.98 Å². The Morgan fingerprint density at radius 1 is 1.00 bits per heavy atom. The molecule has 0 fully saturated rings. The molecule has 0 saturated heterocycles. The number of nitrogens with two attached hydrogens (primary N) is 1. The summed E-state index contributed by atoms with van der Waals surface area (Å²) in [7, 11) is 0. The Balaban J connectivity index is 1.59. The van der Waals surface area contributed by atoms with Gasteiger partial charge >= 0.3 is 0 Å². The molecule has 172 valence electrons. The van der Waals surface area contributed by atoms with Crippen molar-refractivity contribution in [2.24, 2.45) is 0 Å². The van der Waals surface area contributed by atoms with Crippen LogP contribution in [0.5, 0.6) is 11.5 Å². The van der Waals surface area contributed by atoms with Gasteiger partial charge in [0, 0.05) is 17.3 Å². The van der Waals surface area contributed by atoms with Crippen LogP contribution in [0.15, 0.2) is 85.0 Å². The second kappa shape index (κ2) is 8.25. The van der Waals surface area contributed by atoms with Crippen LogP contribution in [0.2, 0.25) is 0 Å². The van der Waals surface area contributed by atoms with Gasteiger partial charge in [-0.15, -0.1) is 0 Å². The van der Waals surface area contributed by atoms with Gasteiger partial charge in [0.25, 0.3) is 0 Å². The van der Waals surface area contributed by atoms with Gasteiger partial charge in [0.2, 0.25) is 0 Å². The van der Waals surface area contributed by atoms with Gasteiger partial charge < -0.3 is 15.6 Å². The number of ether oxygens (including phenoxy) is 1. The second-order valence-corrected chi connectivity index (χ2v) is 8.41. The van der Waals surface area contributed by atoms with E-state index in [1.54, 1.807) is 12.3 Å². The Morgan fingerprint density at radius 2 is 1.80 bits per heavy atom. The van der Waals surface area contributed by atoms with Gasteiger partial charge in [0.15, 0.2) is 5.65 Å². The number of rotatable bonds is 4. The molecule has 1 unspecified atom stereocenters. The molecule has 2 aromatic carbocycles. The first-order valence-electron chi connectivity index (χ1n) is 11.3. The van der Waals surface area contributed by atoms with Crippen molar-refractivity contribution in [3.63, 3.8) is 0 Å². The van der Waals surface area contributed by atoms with E-state index >= 15 is 0 Å². The SMILES string of the molecule is CC(C1=C(c2ccccc2)c2ccccc2OC1)n1nc(-c2cncc(O)c2)c2c(N)ncnc21. The number of para-hydroxylation sites is 1. The maximum atomic E-state index is 10.0. The molecule has 6 rings (SSSR count). The van der Waals surface area contributed by atoms with E-state index in [1.165, 1.54) is 12.5 Å². The van der Waals surface area contributed by atoms with Crippen molar-refractivity contribution in [3.8, 4) is 22.8 Å². The van der Waals surface area contributed by atoms with Crippen LogP contribution >= 0.6 is 0 Å². The van der Waals surface area contributed by atoms with Crippen molar-refractivity contribution in [2.45, 2.75) is 13.0 Å². The summed E-state index contributed by atoms with van der Waals surface area (Å²) in [5.41, 5.74) is 12.4. The largest absolute Gasteiger partial charge is 0.506 e. The molecule has 0 amide bonds. The van der Waals surface area contributed by atoms with Crippen LogP contribution < -0.4 is 10.5 Å². The minimum Gasteiger partial charge on any atom is -0.506 e. The van der Waals surface area contributed by atoms with E-state index in [1.807, 2.05) is 41.1 Å². The van der Waals surface area contributed by atoms with Crippen LogP contribution in [0.3, 0.4) is 0 Å². The number of aromatic hydroxyl groups is 1. The number of benzene rings is 2. The number of nitrogen functional groups attached to an aromatic ring is 1. The highest BCUT2D eigenvalue weighted by Gasteiger charge is 2.28. The maximum absolute atomic E-state index is 10.0. The van der Waals surface area contributed by atoms with Crippen LogP contribution in [0, 0.1) is 0 Å². The van der Waals surface area contributed by atoms with E-state index in [4.69, 9.17) is 15.6 Å². The monoisotopic (exact) mass is 462 g/mol. The van der Waals surface area contributed by atoms with Gasteiger partial charge in [-0.1, -0.05) is 48.5 Å². The lowest BCUT2D eigenvalue weighted by Crippen LogP contribution is -2.21. The molecule has 8 nitrogen and oxygen atoms in total. The van der Waals surface area contributed by atoms with Crippen molar-refractivity contribution < 1.29 is 9.84 Å². The quantitative estimate of drug-likeness (QED) is 0.400. The molecule has 0 radical (unpaired) electrons. The third-order valence-electron chi connectivity index (χ3n) is 6.31. The van der Waals surface area contributed by atoms with Crippen LogP contribution in [0.4, 0.5) is 5.82 Å². The third kappa shape index (κ3) is 3.47. The average Bonchev–Trinajstić information content (AvgIpc) is 3.29. The van der Waals surface area contributed by atoms with E-state index in [0.29, 0.717) is 34.7 Å². The third-order valence-corrected chi connectivity index (χ3v) is 6.31. The highest BCUT2D eigenvalue weighted by Crippen LogP contribution is 2.42. The van der Waals surface area contributed by atoms with Gasteiger partial charge in [0.1, 0.15) is 35.9 Å². The molecule has 0 spiro atoms. The fraction of sp³-hybridized carbons (Fsp3) is 0.111. The summed E-state index contributed by atoms with van der Waals surface area (Å²) >= 11 is 0. The van der Waals surface area contributed by atoms with E-state index in [9.17, 15) is 5.11 Å². The zero-order valence-electron chi connectivity index (χ0n) is 19.0. The van der Waals surface area contributed by atoms with Crippen molar-refractivity contribution in [2.75, 3.05) is 12.3 Å². The first kappa shape index (κ1) is 20.9. The Morgan fingerprint density at radius 3 is 2.63 bits per heavy atom. The molecule has 3 aromatic heterocycles. The number of fused-ring (bicyclic) bond motifs is 2. The first-order valence-corrected chi connectivity index (χ1v) is 11.3. The number of pyridine rings is 1. The van der Waals surface area contributed by atoms with Crippen molar-refractivity contribution in [1.29, 1.82) is 0 Å². The zero-order chi connectivity index (χ0) is 23.9. The van der Waals surface area contributed by atoms with Crippen LogP contribution in [0.1, 0.15) is 24.1 Å². The van der Waals surface area contributed by atoms with Crippen LogP contribution in [-0.4, -0.2) is 36.4 Å². The normalized spacial score (nSPS) is 14.0. The number of aromatic nitrogens is 5. The van der Waals surface area contributed by atoms with Crippen molar-refractivity contribution in [1.82, 2.24) is 24.7 Å². The molecule has 0 bridgehead atoms. The average molecular weight is 463 g/mol. The molecular formula is C27H22N6O2. The number of hydrogen-bond donors (Lipinski definition) is 2. The standard InChI is InChI=1S/C27H22N6O2/c1-16(21-14-35-22-10-6-5-9-20(22)23(21)17-7-3-2-4-8-17)33-27-24(26(28)30-15-31-27)25(32-33)18-11-19(34)13-29-12-18/h2-13,15-16,34H,14H2,1H3,(H2,28,30,31). The minimum atomic E-state index is -0.214. The predicted molar refractivity (Wildman–Crippen MR) is 134 cm³/mol. The van der Waals surface area contributed by atoms with Gasteiger partial charge in [-0.05, 0) is 35.8 Å². The van der Waals surface area contributed by atoms with E-state index in [-0.39, 0.29) is 11.8 Å². The Bertz CT molecular complexity index is 1590. The Kier molecular flexibility index (Phi) is 4.92. The molecule has 1 atom stereocenters. The van der Waals surface area contributed by atoms with Gasteiger partial charge in [-0.25, -0.2) is 14.6 Å². The molecule has 1 aliphatic rings. The molecular weight excluding hydrogens is 440 g/mol. The summed E-state index contributed by atoms with van der Waals surface area (Å²) < 4.78 is 8.02. The Labute approximate surface area is 201 Å².